The lowest BCUT2D eigenvalue weighted by atomic mass is 10.1. The molecule has 0 radical (unpaired) electrons. The third-order valence-electron chi connectivity index (χ3n) is 1.86. The molecule has 0 aliphatic carbocycles. The molecule has 6 heteroatoms. The molecule has 1 aliphatic rings. The number of cyclic esters (lactones) is 1. The van der Waals surface area contributed by atoms with Crippen molar-refractivity contribution in [3.63, 3.8) is 0 Å². The maximum absolute atomic E-state index is 13.2. The van der Waals surface area contributed by atoms with Crippen LogP contribution in [0.15, 0.2) is 0 Å². The molecule has 0 aromatic heterocycles. The summed E-state index contributed by atoms with van der Waals surface area (Å²) in [4.78, 5) is 21.4. The Morgan fingerprint density at radius 3 is 2.86 bits per heavy atom. The van der Waals surface area contributed by atoms with Crippen LogP contribution in [-0.2, 0) is 19.0 Å². The number of hydrogen-bond acceptors (Lipinski definition) is 5. The summed E-state index contributed by atoms with van der Waals surface area (Å²) in [5.74, 6) is -0.920. The molecule has 0 aromatic rings. The molecular formula is C8H11FO5. The van der Waals surface area contributed by atoms with Crippen molar-refractivity contribution in [2.24, 2.45) is 0 Å². The first kappa shape index (κ1) is 10.7. The summed E-state index contributed by atoms with van der Waals surface area (Å²) >= 11 is 0. The number of ether oxygens (including phenoxy) is 3. The van der Waals surface area contributed by atoms with E-state index in [0.717, 1.165) is 14.0 Å². The number of carbonyl (C=O) groups is 2. The average molecular weight is 206 g/mol. The van der Waals surface area contributed by atoms with Crippen molar-refractivity contribution in [1.82, 2.24) is 0 Å². The van der Waals surface area contributed by atoms with Gasteiger partial charge in [0.1, 0.15) is 12.7 Å². The van der Waals surface area contributed by atoms with Gasteiger partial charge in [-0.3, -0.25) is 0 Å². The van der Waals surface area contributed by atoms with Crippen LogP contribution in [0.5, 0.6) is 0 Å². The van der Waals surface area contributed by atoms with E-state index in [1.807, 2.05) is 0 Å². The zero-order valence-electron chi connectivity index (χ0n) is 7.91. The highest BCUT2D eigenvalue weighted by Crippen LogP contribution is 2.28. The first-order valence-electron chi connectivity index (χ1n) is 4.06. The average Bonchev–Trinajstić information content (AvgIpc) is 2.37. The fourth-order valence-corrected chi connectivity index (χ4v) is 1.14. The monoisotopic (exact) mass is 206 g/mol. The van der Waals surface area contributed by atoms with Gasteiger partial charge in [0.15, 0.2) is 0 Å². The number of alkyl halides is 1. The summed E-state index contributed by atoms with van der Waals surface area (Å²) in [7, 11) is 1.16. The van der Waals surface area contributed by atoms with E-state index < -0.39 is 23.9 Å². The molecule has 1 rings (SSSR count). The van der Waals surface area contributed by atoms with Gasteiger partial charge >= 0.3 is 12.1 Å². The van der Waals surface area contributed by atoms with Crippen LogP contribution in [0.1, 0.15) is 13.3 Å². The Balaban J connectivity index is 2.36. The van der Waals surface area contributed by atoms with Gasteiger partial charge in [0, 0.05) is 6.42 Å². The third kappa shape index (κ3) is 2.34. The van der Waals surface area contributed by atoms with E-state index in [0.29, 0.717) is 0 Å². The second kappa shape index (κ2) is 3.81. The Morgan fingerprint density at radius 1 is 1.79 bits per heavy atom. The molecule has 0 aromatic carbocycles. The molecule has 14 heavy (non-hydrogen) atoms. The highest BCUT2D eigenvalue weighted by atomic mass is 19.1. The zero-order valence-corrected chi connectivity index (χ0v) is 7.91. The molecule has 1 saturated heterocycles. The second-order valence-corrected chi connectivity index (χ2v) is 3.19. The molecule has 1 fully saturated rings. The Morgan fingerprint density at radius 2 is 2.43 bits per heavy atom. The maximum Gasteiger partial charge on any atom is 0.508 e. The Hall–Kier alpha value is -1.33. The maximum atomic E-state index is 13.2. The predicted molar refractivity (Wildman–Crippen MR) is 42.4 cm³/mol. The minimum absolute atomic E-state index is 0.108. The summed E-state index contributed by atoms with van der Waals surface area (Å²) in [6, 6.07) is 0. The molecule has 0 saturated carbocycles. The lowest BCUT2D eigenvalue weighted by molar-refractivity contribution is -0.150. The molecule has 0 unspecified atom stereocenters. The van der Waals surface area contributed by atoms with Gasteiger partial charge in [-0.05, 0) is 6.92 Å². The number of hydrogen-bond donors (Lipinski definition) is 0. The summed E-state index contributed by atoms with van der Waals surface area (Å²) in [6.07, 6.45) is -1.71. The van der Waals surface area contributed by atoms with Crippen LogP contribution < -0.4 is 0 Å². The van der Waals surface area contributed by atoms with Crippen LogP contribution in [0, 0.1) is 0 Å². The van der Waals surface area contributed by atoms with E-state index in [-0.39, 0.29) is 13.0 Å². The van der Waals surface area contributed by atoms with Crippen LogP contribution >= 0.6 is 0 Å². The van der Waals surface area contributed by atoms with Crippen molar-refractivity contribution in [2.75, 3.05) is 13.7 Å². The summed E-state index contributed by atoms with van der Waals surface area (Å²) in [5, 5.41) is 0. The molecule has 0 amide bonds. The van der Waals surface area contributed by atoms with Gasteiger partial charge in [0.05, 0.1) is 7.11 Å². The fourth-order valence-electron chi connectivity index (χ4n) is 1.14. The van der Waals surface area contributed by atoms with Gasteiger partial charge in [-0.25, -0.2) is 14.0 Å². The molecule has 2 atom stereocenters. The molecule has 5 nitrogen and oxygen atoms in total. The van der Waals surface area contributed by atoms with Gasteiger partial charge in [-0.15, -0.1) is 0 Å². The van der Waals surface area contributed by atoms with E-state index in [4.69, 9.17) is 0 Å². The molecule has 0 bridgehead atoms. The summed E-state index contributed by atoms with van der Waals surface area (Å²) in [6.45, 7) is 0.950. The van der Waals surface area contributed by atoms with Crippen LogP contribution in [0.2, 0.25) is 0 Å². The van der Waals surface area contributed by atoms with E-state index in [9.17, 15) is 14.0 Å². The highest BCUT2D eigenvalue weighted by Gasteiger charge is 2.46. The number of rotatable bonds is 2. The van der Waals surface area contributed by atoms with Crippen molar-refractivity contribution in [3.05, 3.63) is 0 Å². The molecule has 80 valence electrons. The van der Waals surface area contributed by atoms with Crippen molar-refractivity contribution < 1.29 is 28.2 Å². The van der Waals surface area contributed by atoms with E-state index in [1.165, 1.54) is 0 Å². The minimum Gasteiger partial charge on any atom is -0.456 e. The zero-order chi connectivity index (χ0) is 10.8. The molecular weight excluding hydrogens is 195 g/mol. The first-order chi connectivity index (χ1) is 6.45. The van der Waals surface area contributed by atoms with Crippen molar-refractivity contribution in [3.8, 4) is 0 Å². The Bertz CT molecular complexity index is 250. The van der Waals surface area contributed by atoms with E-state index in [1.54, 1.807) is 0 Å². The SMILES string of the molecule is COC(=O)OC[C@@H]1C[C@@](C)(F)C(=O)O1. The molecule has 0 N–H and O–H groups in total. The predicted octanol–water partition coefficient (Wildman–Crippen LogP) is 0.813. The van der Waals surface area contributed by atoms with E-state index in [2.05, 4.69) is 14.2 Å². The van der Waals surface area contributed by atoms with Crippen LogP contribution in [0.3, 0.4) is 0 Å². The number of methoxy groups -OCH3 is 1. The lowest BCUT2D eigenvalue weighted by Gasteiger charge is -2.08. The summed E-state index contributed by atoms with van der Waals surface area (Å²) in [5.41, 5.74) is -1.98. The molecule has 1 heterocycles. The number of carbonyl (C=O) groups excluding carboxylic acids is 2. The highest BCUT2D eigenvalue weighted by molar-refractivity contribution is 5.81. The van der Waals surface area contributed by atoms with Gasteiger partial charge in [0.2, 0.25) is 5.67 Å². The topological polar surface area (TPSA) is 61.8 Å². The van der Waals surface area contributed by atoms with Crippen molar-refractivity contribution in [2.45, 2.75) is 25.1 Å². The summed E-state index contributed by atoms with van der Waals surface area (Å²) < 4.78 is 26.5. The van der Waals surface area contributed by atoms with Gasteiger partial charge in [-0.2, -0.15) is 0 Å². The standard InChI is InChI=1S/C8H11FO5/c1-8(9)3-5(14-6(8)10)4-13-7(11)12-2/h5H,3-4H2,1-2H3/t5-,8+/m0/s1. The quantitative estimate of drug-likeness (QED) is 0.626. The van der Waals surface area contributed by atoms with Gasteiger partial charge < -0.3 is 14.2 Å². The first-order valence-corrected chi connectivity index (χ1v) is 4.06. The normalized spacial score (nSPS) is 31.1. The number of esters is 1. The Kier molecular flexibility index (Phi) is 2.93. The van der Waals surface area contributed by atoms with Gasteiger partial charge in [0.25, 0.3) is 0 Å². The molecule has 1 aliphatic heterocycles. The van der Waals surface area contributed by atoms with Crippen LogP contribution in [0.4, 0.5) is 9.18 Å². The number of halogens is 1. The van der Waals surface area contributed by atoms with Crippen molar-refractivity contribution >= 4 is 12.1 Å². The second-order valence-electron chi connectivity index (χ2n) is 3.19. The fraction of sp³-hybridized carbons (Fsp3) is 0.750. The molecule has 0 spiro atoms. The Labute approximate surface area is 80.1 Å². The van der Waals surface area contributed by atoms with Crippen molar-refractivity contribution in [1.29, 1.82) is 0 Å². The smallest absolute Gasteiger partial charge is 0.456 e. The van der Waals surface area contributed by atoms with Gasteiger partial charge in [-0.1, -0.05) is 0 Å². The van der Waals surface area contributed by atoms with Crippen LogP contribution in [0.25, 0.3) is 0 Å². The minimum atomic E-state index is -1.98. The van der Waals surface area contributed by atoms with E-state index >= 15 is 0 Å². The third-order valence-corrected chi connectivity index (χ3v) is 1.86. The largest absolute Gasteiger partial charge is 0.508 e. The lowest BCUT2D eigenvalue weighted by Crippen LogP contribution is -2.23. The van der Waals surface area contributed by atoms with Crippen LogP contribution in [-0.4, -0.2) is 37.6 Å².